The van der Waals surface area contributed by atoms with E-state index in [2.05, 4.69) is 15.4 Å². The lowest BCUT2D eigenvalue weighted by molar-refractivity contribution is 0.101. The number of hydrogen-bond donors (Lipinski definition) is 1. The van der Waals surface area contributed by atoms with Crippen molar-refractivity contribution in [2.75, 3.05) is 19.5 Å². The summed E-state index contributed by atoms with van der Waals surface area (Å²) in [4.78, 5) is 18.1. The molecule has 0 saturated carbocycles. The van der Waals surface area contributed by atoms with E-state index in [0.717, 1.165) is 4.88 Å². The van der Waals surface area contributed by atoms with E-state index in [1.54, 1.807) is 18.2 Å². The van der Waals surface area contributed by atoms with E-state index in [0.29, 0.717) is 28.7 Å². The first kappa shape index (κ1) is 20.8. The molecule has 0 bridgehead atoms. The maximum atomic E-state index is 13.4. The molecule has 0 fully saturated rings. The number of halogens is 2. The van der Waals surface area contributed by atoms with Crippen molar-refractivity contribution in [3.8, 4) is 27.9 Å². The lowest BCUT2D eigenvalue weighted by Crippen LogP contribution is -2.14. The number of nitrogens with zero attached hydrogens (tertiary/aromatic N) is 3. The van der Waals surface area contributed by atoms with Gasteiger partial charge in [0, 0.05) is 12.1 Å². The van der Waals surface area contributed by atoms with Crippen LogP contribution in [0.4, 0.5) is 10.1 Å². The minimum atomic E-state index is -0.562. The maximum absolute atomic E-state index is 13.4. The van der Waals surface area contributed by atoms with Gasteiger partial charge < -0.3 is 14.8 Å². The first-order valence-corrected chi connectivity index (χ1v) is 10.3. The summed E-state index contributed by atoms with van der Waals surface area (Å²) in [5, 5.41) is 9.20. The van der Waals surface area contributed by atoms with Gasteiger partial charge in [-0.15, -0.1) is 16.4 Å². The first-order valence-electron chi connectivity index (χ1n) is 9.00. The molecule has 0 aliphatic heterocycles. The van der Waals surface area contributed by atoms with E-state index in [1.807, 2.05) is 17.5 Å². The zero-order chi connectivity index (χ0) is 22.0. The molecule has 0 aliphatic rings. The van der Waals surface area contributed by atoms with Gasteiger partial charge >= 0.3 is 0 Å². The molecule has 0 unspecified atom stereocenters. The Morgan fingerprint density at radius 3 is 2.48 bits per heavy atom. The van der Waals surface area contributed by atoms with Gasteiger partial charge in [0.05, 0.1) is 35.5 Å². The second-order valence-corrected chi connectivity index (χ2v) is 7.62. The third kappa shape index (κ3) is 4.23. The Balaban J connectivity index is 1.71. The Morgan fingerprint density at radius 1 is 1.13 bits per heavy atom. The van der Waals surface area contributed by atoms with Gasteiger partial charge in [0.2, 0.25) is 5.82 Å². The average Bonchev–Trinajstić information content (AvgIpc) is 3.45. The molecule has 1 N–H and O–H groups in total. The number of methoxy groups -OCH3 is 2. The summed E-state index contributed by atoms with van der Waals surface area (Å²) in [6.07, 6.45) is 0. The SMILES string of the molecule is COc1cc(Cl)c(NC(=O)c2nc(-c3cccs3)n(-c3ccc(F)cc3)n2)cc1OC. The number of rotatable bonds is 6. The van der Waals surface area contributed by atoms with Crippen LogP contribution in [0.1, 0.15) is 10.6 Å². The van der Waals surface area contributed by atoms with Crippen LogP contribution in [0.2, 0.25) is 5.02 Å². The van der Waals surface area contributed by atoms with E-state index in [9.17, 15) is 9.18 Å². The van der Waals surface area contributed by atoms with Crippen molar-refractivity contribution in [2.45, 2.75) is 0 Å². The third-order valence-corrected chi connectivity index (χ3v) is 5.52. The van der Waals surface area contributed by atoms with Gasteiger partial charge in [-0.3, -0.25) is 4.79 Å². The van der Waals surface area contributed by atoms with Gasteiger partial charge in [0.15, 0.2) is 17.3 Å². The molecular weight excluding hydrogens is 443 g/mol. The standard InChI is InChI=1S/C21H16ClFN4O3S/c1-29-16-10-14(22)15(11-17(16)30-2)24-21(28)19-25-20(18-4-3-9-31-18)27(26-19)13-7-5-12(23)6-8-13/h3-11H,1-2H3,(H,24,28). The second kappa shape index (κ2) is 8.75. The zero-order valence-corrected chi connectivity index (χ0v) is 18.0. The Labute approximate surface area is 186 Å². The summed E-state index contributed by atoms with van der Waals surface area (Å²) in [7, 11) is 2.97. The van der Waals surface area contributed by atoms with Crippen molar-refractivity contribution in [3.63, 3.8) is 0 Å². The Morgan fingerprint density at radius 2 is 1.84 bits per heavy atom. The fourth-order valence-electron chi connectivity index (χ4n) is 2.86. The second-order valence-electron chi connectivity index (χ2n) is 6.27. The van der Waals surface area contributed by atoms with E-state index >= 15 is 0 Å². The van der Waals surface area contributed by atoms with Crippen molar-refractivity contribution in [3.05, 3.63) is 70.6 Å². The zero-order valence-electron chi connectivity index (χ0n) is 16.4. The number of hydrogen-bond acceptors (Lipinski definition) is 6. The summed E-state index contributed by atoms with van der Waals surface area (Å²) in [6, 6.07) is 12.6. The number of carbonyl (C=O) groups is 1. The molecule has 2 aromatic carbocycles. The number of nitrogens with one attached hydrogen (secondary N) is 1. The highest BCUT2D eigenvalue weighted by molar-refractivity contribution is 7.13. The van der Waals surface area contributed by atoms with Crippen molar-refractivity contribution in [1.82, 2.24) is 14.8 Å². The van der Waals surface area contributed by atoms with Crippen LogP contribution in [-0.2, 0) is 0 Å². The predicted octanol–water partition coefficient (Wildman–Crippen LogP) is 5.06. The average molecular weight is 459 g/mol. The molecule has 0 radical (unpaired) electrons. The molecule has 4 rings (SSSR count). The van der Waals surface area contributed by atoms with Crippen LogP contribution in [0.15, 0.2) is 53.9 Å². The first-order chi connectivity index (χ1) is 15.0. The smallest absolute Gasteiger partial charge is 0.295 e. The molecule has 1 amide bonds. The highest BCUT2D eigenvalue weighted by atomic mass is 35.5. The molecular formula is C21H16ClFN4O3S. The minimum absolute atomic E-state index is 0.0708. The van der Waals surface area contributed by atoms with Crippen LogP contribution in [0.5, 0.6) is 11.5 Å². The van der Waals surface area contributed by atoms with E-state index in [-0.39, 0.29) is 16.7 Å². The third-order valence-electron chi connectivity index (χ3n) is 4.34. The molecule has 0 spiro atoms. The molecule has 10 heteroatoms. The van der Waals surface area contributed by atoms with Crippen molar-refractivity contribution >= 4 is 34.5 Å². The van der Waals surface area contributed by atoms with E-state index in [1.165, 1.54) is 48.4 Å². The van der Waals surface area contributed by atoms with Gasteiger partial charge in [-0.05, 0) is 35.7 Å². The van der Waals surface area contributed by atoms with Gasteiger partial charge in [-0.1, -0.05) is 17.7 Å². The quantitative estimate of drug-likeness (QED) is 0.437. The summed E-state index contributed by atoms with van der Waals surface area (Å²) in [6.45, 7) is 0. The lowest BCUT2D eigenvalue weighted by Gasteiger charge is -2.11. The highest BCUT2D eigenvalue weighted by Gasteiger charge is 2.21. The van der Waals surface area contributed by atoms with Crippen LogP contribution in [-0.4, -0.2) is 34.9 Å². The predicted molar refractivity (Wildman–Crippen MR) is 117 cm³/mol. The van der Waals surface area contributed by atoms with Crippen LogP contribution in [0, 0.1) is 5.82 Å². The van der Waals surface area contributed by atoms with Crippen molar-refractivity contribution < 1.29 is 18.7 Å². The summed E-state index contributed by atoms with van der Waals surface area (Å²) in [5.74, 6) is 0.301. The number of thiophene rings is 1. The van der Waals surface area contributed by atoms with Gasteiger partial charge in [-0.25, -0.2) is 14.1 Å². The van der Waals surface area contributed by atoms with Crippen molar-refractivity contribution in [2.24, 2.45) is 0 Å². The number of aromatic nitrogens is 3. The van der Waals surface area contributed by atoms with E-state index < -0.39 is 5.91 Å². The molecule has 4 aromatic rings. The van der Waals surface area contributed by atoms with Crippen LogP contribution in [0.25, 0.3) is 16.4 Å². The monoisotopic (exact) mass is 458 g/mol. The molecule has 0 saturated heterocycles. The topological polar surface area (TPSA) is 78.3 Å². The summed E-state index contributed by atoms with van der Waals surface area (Å²) < 4.78 is 25.3. The van der Waals surface area contributed by atoms with Crippen molar-refractivity contribution in [1.29, 1.82) is 0 Å². The number of carbonyl (C=O) groups excluding carboxylic acids is 1. The Hall–Kier alpha value is -3.43. The van der Waals surface area contributed by atoms with Crippen LogP contribution >= 0.6 is 22.9 Å². The normalized spacial score (nSPS) is 10.7. The molecule has 158 valence electrons. The molecule has 7 nitrogen and oxygen atoms in total. The molecule has 2 heterocycles. The number of ether oxygens (including phenoxy) is 2. The molecule has 0 atom stereocenters. The van der Waals surface area contributed by atoms with E-state index in [4.69, 9.17) is 21.1 Å². The van der Waals surface area contributed by atoms with Gasteiger partial charge in [0.1, 0.15) is 5.82 Å². The van der Waals surface area contributed by atoms with Crippen LogP contribution < -0.4 is 14.8 Å². The fourth-order valence-corrected chi connectivity index (χ4v) is 3.76. The summed E-state index contributed by atoms with van der Waals surface area (Å²) >= 11 is 7.71. The fraction of sp³-hybridized carbons (Fsp3) is 0.0952. The molecule has 2 aromatic heterocycles. The number of anilines is 1. The number of amides is 1. The molecule has 31 heavy (non-hydrogen) atoms. The Bertz CT molecular complexity index is 1230. The number of benzene rings is 2. The van der Waals surface area contributed by atoms with Gasteiger partial charge in [0.25, 0.3) is 5.91 Å². The summed E-state index contributed by atoms with van der Waals surface area (Å²) in [5.41, 5.74) is 0.889. The Kier molecular flexibility index (Phi) is 5.88. The van der Waals surface area contributed by atoms with Gasteiger partial charge in [-0.2, -0.15) is 0 Å². The van der Waals surface area contributed by atoms with Crippen LogP contribution in [0.3, 0.4) is 0 Å². The molecule has 0 aliphatic carbocycles. The largest absolute Gasteiger partial charge is 0.493 e. The highest BCUT2D eigenvalue weighted by Crippen LogP contribution is 2.36. The maximum Gasteiger partial charge on any atom is 0.295 e. The lowest BCUT2D eigenvalue weighted by atomic mass is 10.2. The minimum Gasteiger partial charge on any atom is -0.493 e.